The van der Waals surface area contributed by atoms with Gasteiger partial charge in [0.25, 0.3) is 0 Å². The average Bonchev–Trinajstić information content (AvgIpc) is 1.65. The Hall–Kier alpha value is 2.00. The topological polar surface area (TPSA) is 20.2 Å². The van der Waals surface area contributed by atoms with Gasteiger partial charge < -0.3 is 5.11 Å². The van der Waals surface area contributed by atoms with Gasteiger partial charge in [0.15, 0.2) is 0 Å². The van der Waals surface area contributed by atoms with Crippen molar-refractivity contribution < 1.29 is 23.3 Å². The summed E-state index contributed by atoms with van der Waals surface area (Å²) in [5, 5.41) is 8.13. The van der Waals surface area contributed by atoms with Gasteiger partial charge in [0, 0.05) is 0 Å². The minimum atomic E-state index is -2.13. The van der Waals surface area contributed by atoms with Crippen molar-refractivity contribution in [2.24, 2.45) is 0 Å². The molecule has 0 amide bonds. The summed E-state index contributed by atoms with van der Waals surface area (Å²) in [5.41, 5.74) is -0.644. The summed E-state index contributed by atoms with van der Waals surface area (Å²) in [6, 6.07) is 0. The van der Waals surface area contributed by atoms with Crippen LogP contribution in [0.25, 0.3) is 0 Å². The van der Waals surface area contributed by atoms with E-state index in [0.29, 0.717) is 6.42 Å². The predicted octanol–water partition coefficient (Wildman–Crippen LogP) is 3.02. The van der Waals surface area contributed by atoms with Gasteiger partial charge in [0.05, 0.1) is 0 Å². The van der Waals surface area contributed by atoms with Gasteiger partial charge in [-0.15, -0.1) is 0 Å². The molecule has 1 unspecified atom stereocenters. The molecule has 0 aromatic carbocycles. The van der Waals surface area contributed by atoms with Gasteiger partial charge in [-0.3, -0.25) is 0 Å². The van der Waals surface area contributed by atoms with Gasteiger partial charge in [-0.2, -0.15) is 0 Å². The van der Waals surface area contributed by atoms with Crippen LogP contribution >= 0.6 is 37.1 Å². The molecule has 9 heavy (non-hydrogen) atoms. The van der Waals surface area contributed by atoms with Gasteiger partial charge in [-0.1, -0.05) is 18.5 Å². The fourth-order valence-electron chi connectivity index (χ4n) is 0. The van der Waals surface area contributed by atoms with Crippen molar-refractivity contribution in [2.75, 3.05) is 0 Å². The van der Waals surface area contributed by atoms with Crippen molar-refractivity contribution in [2.45, 2.75) is 18.9 Å². The fourth-order valence-corrected chi connectivity index (χ4v) is 0. The maximum atomic E-state index is 8.13. The molecule has 1 atom stereocenters. The van der Waals surface area contributed by atoms with Crippen molar-refractivity contribution in [1.82, 2.24) is 0 Å². The quantitative estimate of drug-likeness (QED) is 0.737. The summed E-state index contributed by atoms with van der Waals surface area (Å²) in [5.74, 6) is 0. The predicted molar refractivity (Wildman–Crippen MR) is 39.7 cm³/mol. The maximum absolute atomic E-state index is 8.13. The molecule has 57 valence electrons. The summed E-state index contributed by atoms with van der Waals surface area (Å²) in [7, 11) is 15.0. The molecule has 0 aromatic heterocycles. The Morgan fingerprint density at radius 3 is 1.56 bits per heavy atom. The van der Waals surface area contributed by atoms with Crippen LogP contribution in [0.5, 0.6) is 0 Å². The van der Waals surface area contributed by atoms with E-state index in [1.54, 1.807) is 0 Å². The van der Waals surface area contributed by atoms with E-state index in [0.717, 1.165) is 0 Å². The third kappa shape index (κ3) is 40.0. The molecule has 1 nitrogen and oxygen atoms in total. The number of aliphatic hydroxyl groups is 1. The van der Waals surface area contributed by atoms with Crippen molar-refractivity contribution in [1.29, 1.82) is 0 Å². The molecule has 0 heterocycles. The average molecular weight is 292 g/mol. The Morgan fingerprint density at radius 2 is 1.56 bits per heavy atom. The summed E-state index contributed by atoms with van der Waals surface area (Å²) in [6.45, 7) is 1.82. The van der Waals surface area contributed by atoms with E-state index in [9.17, 15) is 0 Å². The molecule has 0 rings (SSSR count). The van der Waals surface area contributed by atoms with Crippen LogP contribution in [-0.2, 0) is 18.2 Å². The van der Waals surface area contributed by atoms with Crippen LogP contribution in [0.2, 0.25) is 0 Å². The summed E-state index contributed by atoms with van der Waals surface area (Å²) in [6.07, 6.45) is 0.627. The van der Waals surface area contributed by atoms with Crippen molar-refractivity contribution in [3.8, 4) is 0 Å². The molecular weight excluding hydrogens is 285 g/mol. The third-order valence-electron chi connectivity index (χ3n) is 0.337. The Morgan fingerprint density at radius 1 is 1.44 bits per heavy atom. The van der Waals surface area contributed by atoms with E-state index in [1.807, 2.05) is 6.92 Å². The second kappa shape index (κ2) is 10.0. The number of hydrogen-bond donors (Lipinski definition) is 1. The third-order valence-corrected chi connectivity index (χ3v) is 0.645. The SMILES string of the molecule is CCC(O)Cl.[Cl][Zr]([Cl])[Cl]. The van der Waals surface area contributed by atoms with E-state index in [2.05, 4.69) is 0 Å². The zero-order valence-corrected chi connectivity index (χ0v) is 10.2. The molecule has 1 N–H and O–H groups in total. The van der Waals surface area contributed by atoms with Crippen LogP contribution in [-0.4, -0.2) is 10.7 Å². The Kier molecular flexibility index (Phi) is 15.1. The van der Waals surface area contributed by atoms with E-state index in [4.69, 9.17) is 42.2 Å². The molecule has 6 heteroatoms. The summed E-state index contributed by atoms with van der Waals surface area (Å²) < 4.78 is 0. The van der Waals surface area contributed by atoms with Crippen molar-refractivity contribution in [3.05, 3.63) is 0 Å². The number of aliphatic hydroxyl groups excluding tert-OH is 1. The van der Waals surface area contributed by atoms with Crippen LogP contribution in [0.3, 0.4) is 0 Å². The van der Waals surface area contributed by atoms with Crippen LogP contribution in [0.1, 0.15) is 13.3 Å². The Balaban J connectivity index is 0. The van der Waals surface area contributed by atoms with Crippen LogP contribution in [0, 0.1) is 0 Å². The Labute approximate surface area is 78.6 Å². The Bertz CT molecular complexity index is 48.3. The molecule has 0 aromatic rings. The first-order chi connectivity index (χ1) is 4.00. The zero-order valence-electron chi connectivity index (χ0n) is 4.74. The zero-order chi connectivity index (χ0) is 7.86. The number of rotatable bonds is 1. The molecule has 0 bridgehead atoms. The summed E-state index contributed by atoms with van der Waals surface area (Å²) in [4.78, 5) is 0. The standard InChI is InChI=1S/C3H7ClO.3ClH.Zr/c1-2-3(4)5;;;;/h3,5H,2H2,1H3;3*1H;/q;;;;+3/p-3. The van der Waals surface area contributed by atoms with Crippen LogP contribution in [0.15, 0.2) is 0 Å². The van der Waals surface area contributed by atoms with Gasteiger partial charge in [0.1, 0.15) is 5.56 Å². The van der Waals surface area contributed by atoms with Crippen molar-refractivity contribution in [3.63, 3.8) is 0 Å². The molecule has 0 radical (unpaired) electrons. The van der Waals surface area contributed by atoms with E-state index >= 15 is 0 Å². The molecule has 0 aliphatic carbocycles. The molecule has 0 aliphatic heterocycles. The van der Waals surface area contributed by atoms with Gasteiger partial charge >= 0.3 is 43.7 Å². The molecule has 0 saturated carbocycles. The van der Waals surface area contributed by atoms with E-state index in [-0.39, 0.29) is 0 Å². The molecule has 0 fully saturated rings. The molecular formula is C3H7Cl4OZr. The molecule has 0 spiro atoms. The first-order valence-corrected chi connectivity index (χ1v) is 12.1. The number of halogens is 4. The first kappa shape index (κ1) is 13.6. The fraction of sp³-hybridized carbons (Fsp3) is 1.00. The van der Waals surface area contributed by atoms with E-state index in [1.165, 1.54) is 0 Å². The minimum absolute atomic E-state index is 0.627. The number of hydrogen-bond acceptors (Lipinski definition) is 1. The van der Waals surface area contributed by atoms with Gasteiger partial charge in [0.2, 0.25) is 0 Å². The first-order valence-electron chi connectivity index (χ1n) is 2.16. The molecule has 0 aliphatic rings. The van der Waals surface area contributed by atoms with Crippen LogP contribution in [0.4, 0.5) is 0 Å². The normalized spacial score (nSPS) is 11.3. The van der Waals surface area contributed by atoms with Crippen molar-refractivity contribution >= 4 is 37.1 Å². The van der Waals surface area contributed by atoms with Gasteiger partial charge in [-0.05, 0) is 6.42 Å². The second-order valence-corrected chi connectivity index (χ2v) is 12.8. The monoisotopic (exact) mass is 289 g/mol. The number of alkyl halides is 1. The summed E-state index contributed by atoms with van der Waals surface area (Å²) >= 11 is 2.89. The van der Waals surface area contributed by atoms with Crippen LogP contribution < -0.4 is 0 Å². The molecule has 0 saturated heterocycles. The van der Waals surface area contributed by atoms with E-state index < -0.39 is 23.7 Å². The second-order valence-electron chi connectivity index (χ2n) is 1.06. The van der Waals surface area contributed by atoms with Gasteiger partial charge in [-0.25, -0.2) is 0 Å².